The van der Waals surface area contributed by atoms with Gasteiger partial charge in [0.05, 0.1) is 0 Å². The second kappa shape index (κ2) is 6.09. The van der Waals surface area contributed by atoms with E-state index in [-0.39, 0.29) is 0 Å². The van der Waals surface area contributed by atoms with E-state index in [1.807, 2.05) is 0 Å². The molecule has 0 bridgehead atoms. The number of alkyl halides is 16. The first-order valence-corrected chi connectivity index (χ1v) is 9.18. The summed E-state index contributed by atoms with van der Waals surface area (Å²) in [7, 11) is 0. The number of halogens is 18. The SMILES string of the molecule is FC(F)(F)C(F)(F)C(F)(F)C(F)(F)C(F)(F)[Si](Cl)(Cl)C(F)(F)C(F)(F)F. The van der Waals surface area contributed by atoms with Crippen molar-refractivity contribution in [3.63, 3.8) is 0 Å². The Balaban J connectivity index is 6.61. The van der Waals surface area contributed by atoms with Gasteiger partial charge >= 0.3 is 47.9 Å². The van der Waals surface area contributed by atoms with Gasteiger partial charge in [0, 0.05) is 0 Å². The third-order valence-corrected chi connectivity index (χ3v) is 7.71. The summed E-state index contributed by atoms with van der Waals surface area (Å²) < 4.78 is 201. The predicted octanol–water partition coefficient (Wildman–Crippen LogP) is 6.29. The van der Waals surface area contributed by atoms with Crippen LogP contribution >= 0.6 is 22.2 Å². The Morgan fingerprint density at radius 2 is 0.692 bits per heavy atom. The van der Waals surface area contributed by atoms with E-state index in [0.29, 0.717) is 0 Å². The molecule has 0 aromatic carbocycles. The van der Waals surface area contributed by atoms with Crippen LogP contribution in [0.2, 0.25) is 0 Å². The lowest BCUT2D eigenvalue weighted by molar-refractivity contribution is -0.414. The van der Waals surface area contributed by atoms with Crippen LogP contribution in [0.1, 0.15) is 0 Å². The lowest BCUT2D eigenvalue weighted by Gasteiger charge is -2.42. The Labute approximate surface area is 141 Å². The number of hydrogen-bond acceptors (Lipinski definition) is 0. The van der Waals surface area contributed by atoms with Crippen molar-refractivity contribution in [3.05, 3.63) is 0 Å². The van der Waals surface area contributed by atoms with Gasteiger partial charge in [0.15, 0.2) is 0 Å². The average Bonchev–Trinajstić information content (AvgIpc) is 2.34. The van der Waals surface area contributed by atoms with Gasteiger partial charge in [-0.3, -0.25) is 0 Å². The van der Waals surface area contributed by atoms with Crippen molar-refractivity contribution in [1.82, 2.24) is 0 Å². The minimum atomic E-state index is -8.45. The topological polar surface area (TPSA) is 0 Å². The fourth-order valence-electron chi connectivity index (χ4n) is 1.14. The largest absolute Gasteiger partial charge is 0.460 e. The summed E-state index contributed by atoms with van der Waals surface area (Å²) >= 11 is 7.81. The van der Waals surface area contributed by atoms with Crippen molar-refractivity contribution in [2.24, 2.45) is 0 Å². The fourth-order valence-corrected chi connectivity index (χ4v) is 3.80. The Morgan fingerprint density at radius 3 is 0.923 bits per heavy atom. The molecule has 0 heterocycles. The van der Waals surface area contributed by atoms with Gasteiger partial charge < -0.3 is 0 Å². The van der Waals surface area contributed by atoms with Gasteiger partial charge in [-0.2, -0.15) is 61.5 Å². The molecule has 0 aliphatic rings. The molecular formula is C7Cl2F16Si. The monoisotopic (exact) mass is 486 g/mol. The number of rotatable bonds is 5. The minimum absolute atomic E-state index is 3.90. The summed E-state index contributed by atoms with van der Waals surface area (Å²) in [5.74, 6) is -24.4. The highest BCUT2D eigenvalue weighted by Crippen LogP contribution is 2.63. The highest BCUT2D eigenvalue weighted by Gasteiger charge is 2.94. The zero-order valence-corrected chi connectivity index (χ0v) is 13.3. The van der Waals surface area contributed by atoms with E-state index in [1.165, 1.54) is 0 Å². The van der Waals surface area contributed by atoms with Crippen molar-refractivity contribution in [2.75, 3.05) is 0 Å². The molecule has 0 aliphatic heterocycles. The fraction of sp³-hybridized carbons (Fsp3) is 1.00. The van der Waals surface area contributed by atoms with Crippen molar-refractivity contribution >= 4 is 28.9 Å². The second-order valence-corrected chi connectivity index (χ2v) is 10.8. The first kappa shape index (κ1) is 25.7. The molecule has 0 aromatic rings. The van der Waals surface area contributed by atoms with Crippen LogP contribution in [0.4, 0.5) is 70.2 Å². The highest BCUT2D eigenvalue weighted by atomic mass is 35.7. The summed E-state index contributed by atoms with van der Waals surface area (Å²) in [4.78, 5) is 0. The molecule has 0 N–H and O–H groups in total. The zero-order chi connectivity index (χ0) is 22.0. The second-order valence-electron chi connectivity index (χ2n) is 4.44. The summed E-state index contributed by atoms with van der Waals surface area (Å²) in [5.41, 5.74) is -14.9. The van der Waals surface area contributed by atoms with Crippen LogP contribution in [0.3, 0.4) is 0 Å². The first-order valence-electron chi connectivity index (χ1n) is 5.15. The molecule has 0 nitrogen and oxygen atoms in total. The zero-order valence-electron chi connectivity index (χ0n) is 10.8. The lowest BCUT2D eigenvalue weighted by Crippen LogP contribution is -2.76. The molecule has 0 amide bonds. The van der Waals surface area contributed by atoms with E-state index < -0.39 is 47.9 Å². The first-order chi connectivity index (χ1) is 10.8. The quantitative estimate of drug-likeness (QED) is 0.243. The smallest absolute Gasteiger partial charge is 0.201 e. The maximum Gasteiger partial charge on any atom is 0.460 e. The van der Waals surface area contributed by atoms with Gasteiger partial charge in [0.25, 0.3) is 0 Å². The van der Waals surface area contributed by atoms with Crippen LogP contribution in [-0.4, -0.2) is 47.9 Å². The van der Waals surface area contributed by atoms with Crippen LogP contribution in [0.25, 0.3) is 0 Å². The van der Waals surface area contributed by atoms with Crippen molar-refractivity contribution in [1.29, 1.82) is 0 Å². The third kappa shape index (κ3) is 3.10. The van der Waals surface area contributed by atoms with E-state index in [4.69, 9.17) is 0 Å². The maximum atomic E-state index is 13.3. The summed E-state index contributed by atoms with van der Waals surface area (Å²) in [6.07, 6.45) is -14.9. The van der Waals surface area contributed by atoms with Gasteiger partial charge in [-0.05, 0) is 0 Å². The van der Waals surface area contributed by atoms with E-state index in [0.717, 1.165) is 0 Å². The molecule has 0 fully saturated rings. The molecule has 158 valence electrons. The van der Waals surface area contributed by atoms with E-state index in [9.17, 15) is 70.2 Å². The predicted molar refractivity (Wildman–Crippen MR) is 54.3 cm³/mol. The van der Waals surface area contributed by atoms with Crippen LogP contribution in [0.15, 0.2) is 0 Å². The molecule has 26 heavy (non-hydrogen) atoms. The standard InChI is InChI=1S/C7Cl2F16Si/c8-26(9,7(24,25)5(19,20)21)6(22,23)3(14,15)1(10,11)2(12,13)4(16,17)18. The van der Waals surface area contributed by atoms with Crippen molar-refractivity contribution < 1.29 is 70.2 Å². The van der Waals surface area contributed by atoms with Gasteiger partial charge in [-0.15, -0.1) is 22.2 Å². The molecule has 0 radical (unpaired) electrons. The molecule has 0 saturated heterocycles. The Kier molecular flexibility index (Phi) is 6.01. The normalized spacial score (nSPS) is 16.8. The van der Waals surface area contributed by atoms with Gasteiger partial charge in [-0.1, -0.05) is 0 Å². The third-order valence-electron chi connectivity index (χ3n) is 2.68. The van der Waals surface area contributed by atoms with E-state index >= 15 is 0 Å². The minimum Gasteiger partial charge on any atom is -0.201 e. The molecule has 0 aromatic heterocycles. The van der Waals surface area contributed by atoms with Gasteiger partial charge in [-0.25, -0.2) is 8.78 Å². The van der Waals surface area contributed by atoms with E-state index in [2.05, 4.69) is 22.2 Å². The Bertz CT molecular complexity index is 482. The molecule has 0 aliphatic carbocycles. The summed E-state index contributed by atoms with van der Waals surface area (Å²) in [6.45, 7) is -8.45. The number of hydrogen-bond donors (Lipinski definition) is 0. The van der Waals surface area contributed by atoms with Crippen LogP contribution < -0.4 is 0 Å². The van der Waals surface area contributed by atoms with Crippen LogP contribution in [0, 0.1) is 0 Å². The molecule has 0 unspecified atom stereocenters. The Morgan fingerprint density at radius 1 is 0.385 bits per heavy atom. The molecule has 0 atom stereocenters. The molecule has 19 heteroatoms. The molecule has 0 rings (SSSR count). The van der Waals surface area contributed by atoms with Gasteiger partial charge in [0.2, 0.25) is 0 Å². The average molecular weight is 487 g/mol. The summed E-state index contributed by atoms with van der Waals surface area (Å²) in [5, 5.41) is 0. The highest BCUT2D eigenvalue weighted by molar-refractivity contribution is 7.47. The maximum absolute atomic E-state index is 13.3. The van der Waals surface area contributed by atoms with Crippen LogP contribution in [-0.2, 0) is 0 Å². The van der Waals surface area contributed by atoms with E-state index in [1.54, 1.807) is 0 Å². The van der Waals surface area contributed by atoms with Gasteiger partial charge in [0.1, 0.15) is 0 Å². The van der Waals surface area contributed by atoms with Crippen LogP contribution in [0.5, 0.6) is 0 Å². The van der Waals surface area contributed by atoms with Crippen molar-refractivity contribution in [2.45, 2.75) is 41.2 Å². The summed E-state index contributed by atoms with van der Waals surface area (Å²) in [6, 6.07) is 0. The lowest BCUT2D eigenvalue weighted by atomic mass is 10.0. The molecular weight excluding hydrogens is 487 g/mol. The Hall–Kier alpha value is -0.323. The van der Waals surface area contributed by atoms with Crippen molar-refractivity contribution in [3.8, 4) is 0 Å². The molecule has 0 saturated carbocycles. The molecule has 0 spiro atoms.